The number of nitrogens with one attached hydrogen (secondary N) is 2. The Labute approximate surface area is 178 Å². The van der Waals surface area contributed by atoms with Gasteiger partial charge in [-0.15, -0.1) is 0 Å². The summed E-state index contributed by atoms with van der Waals surface area (Å²) in [5, 5.41) is 5.29. The molecule has 2 aromatic rings. The minimum atomic E-state index is -4.42. The second-order valence-electron chi connectivity index (χ2n) is 7.10. The van der Waals surface area contributed by atoms with Crippen LogP contribution in [0, 0.1) is 11.8 Å². The number of alkyl halides is 3. The number of hydrogen-bond donors (Lipinski definition) is 2. The van der Waals surface area contributed by atoms with E-state index in [0.29, 0.717) is 13.0 Å². The molecule has 1 aliphatic heterocycles. The standard InChI is InChI=1S/C23H22F3N3O2/c24-23(25,26)20-10-3-6-17(14-20)7-4-12-27-22(31)28-15-18-8-1-2-9-19(18)16-29-13-5-11-21(29)30/h1-3,6,8-10,14H,5,11-13,15-16H2,(H2,27,28,31). The quantitative estimate of drug-likeness (QED) is 0.713. The smallest absolute Gasteiger partial charge is 0.338 e. The molecule has 0 unspecified atom stereocenters. The summed E-state index contributed by atoms with van der Waals surface area (Å²) in [5.41, 5.74) is 1.34. The highest BCUT2D eigenvalue weighted by Crippen LogP contribution is 2.29. The molecule has 0 saturated carbocycles. The minimum absolute atomic E-state index is 0.00793. The summed E-state index contributed by atoms with van der Waals surface area (Å²) >= 11 is 0. The monoisotopic (exact) mass is 429 g/mol. The van der Waals surface area contributed by atoms with Gasteiger partial charge in [0, 0.05) is 31.6 Å². The lowest BCUT2D eigenvalue weighted by Crippen LogP contribution is -2.35. The first-order chi connectivity index (χ1) is 14.8. The number of rotatable bonds is 5. The van der Waals surface area contributed by atoms with E-state index in [0.717, 1.165) is 36.2 Å². The Morgan fingerprint density at radius 2 is 1.84 bits per heavy atom. The van der Waals surface area contributed by atoms with Gasteiger partial charge in [-0.2, -0.15) is 13.2 Å². The SMILES string of the molecule is O=C(NCC#Cc1cccc(C(F)(F)F)c1)NCc1ccccc1CN1CCCC1=O. The van der Waals surface area contributed by atoms with Gasteiger partial charge in [0.15, 0.2) is 0 Å². The highest BCUT2D eigenvalue weighted by molar-refractivity contribution is 5.78. The third kappa shape index (κ3) is 6.51. The number of likely N-dealkylation sites (tertiary alicyclic amines) is 1. The Morgan fingerprint density at radius 3 is 2.55 bits per heavy atom. The summed E-state index contributed by atoms with van der Waals surface area (Å²) in [5.74, 6) is 5.39. The van der Waals surface area contributed by atoms with Crippen molar-refractivity contribution in [2.24, 2.45) is 0 Å². The van der Waals surface area contributed by atoms with E-state index in [1.54, 1.807) is 0 Å². The molecule has 0 spiro atoms. The molecule has 3 amide bonds. The average Bonchev–Trinajstić information content (AvgIpc) is 3.14. The third-order valence-electron chi connectivity index (χ3n) is 4.85. The first kappa shape index (κ1) is 22.2. The van der Waals surface area contributed by atoms with Crippen LogP contribution in [0.2, 0.25) is 0 Å². The lowest BCUT2D eigenvalue weighted by atomic mass is 10.1. The molecule has 2 aromatic carbocycles. The van der Waals surface area contributed by atoms with E-state index in [9.17, 15) is 22.8 Å². The molecule has 8 heteroatoms. The fourth-order valence-corrected chi connectivity index (χ4v) is 3.24. The first-order valence-electron chi connectivity index (χ1n) is 9.85. The third-order valence-corrected chi connectivity index (χ3v) is 4.85. The molecule has 1 heterocycles. The number of nitrogens with zero attached hydrogens (tertiary/aromatic N) is 1. The molecule has 5 nitrogen and oxygen atoms in total. The summed E-state index contributed by atoms with van der Waals surface area (Å²) in [7, 11) is 0. The highest BCUT2D eigenvalue weighted by Gasteiger charge is 2.30. The van der Waals surface area contributed by atoms with Crippen molar-refractivity contribution in [3.8, 4) is 11.8 Å². The molecule has 0 radical (unpaired) electrons. The van der Waals surface area contributed by atoms with Crippen LogP contribution in [0.3, 0.4) is 0 Å². The van der Waals surface area contributed by atoms with Crippen LogP contribution < -0.4 is 10.6 Å². The summed E-state index contributed by atoms with van der Waals surface area (Å²) in [6, 6.07) is 11.9. The zero-order valence-corrected chi connectivity index (χ0v) is 16.8. The van der Waals surface area contributed by atoms with Crippen LogP contribution >= 0.6 is 0 Å². The van der Waals surface area contributed by atoms with Gasteiger partial charge >= 0.3 is 12.2 Å². The van der Waals surface area contributed by atoms with Crippen LogP contribution in [-0.2, 0) is 24.1 Å². The molecular formula is C23H22F3N3O2. The lowest BCUT2D eigenvalue weighted by Gasteiger charge is -2.18. The van der Waals surface area contributed by atoms with Crippen molar-refractivity contribution in [3.63, 3.8) is 0 Å². The van der Waals surface area contributed by atoms with Gasteiger partial charge in [0.05, 0.1) is 12.1 Å². The molecular weight excluding hydrogens is 407 g/mol. The molecule has 1 aliphatic rings. The Balaban J connectivity index is 1.49. The fourth-order valence-electron chi connectivity index (χ4n) is 3.24. The number of halogens is 3. The van der Waals surface area contributed by atoms with Crippen LogP contribution in [0.25, 0.3) is 0 Å². The number of hydrogen-bond acceptors (Lipinski definition) is 2. The van der Waals surface area contributed by atoms with Gasteiger partial charge in [0.1, 0.15) is 0 Å². The summed E-state index contributed by atoms with van der Waals surface area (Å²) in [6.07, 6.45) is -2.98. The largest absolute Gasteiger partial charge is 0.416 e. The van der Waals surface area contributed by atoms with Gasteiger partial charge < -0.3 is 15.5 Å². The molecule has 0 atom stereocenters. The molecule has 0 aliphatic carbocycles. The van der Waals surface area contributed by atoms with Crippen LogP contribution in [-0.4, -0.2) is 29.9 Å². The van der Waals surface area contributed by atoms with Crippen molar-refractivity contribution in [1.82, 2.24) is 15.5 Å². The van der Waals surface area contributed by atoms with Gasteiger partial charge in [-0.05, 0) is 35.7 Å². The van der Waals surface area contributed by atoms with Crippen molar-refractivity contribution in [3.05, 3.63) is 70.8 Å². The van der Waals surface area contributed by atoms with E-state index in [1.807, 2.05) is 29.2 Å². The topological polar surface area (TPSA) is 61.4 Å². The molecule has 1 saturated heterocycles. The molecule has 0 aromatic heterocycles. The lowest BCUT2D eigenvalue weighted by molar-refractivity contribution is -0.137. The molecule has 0 bridgehead atoms. The number of amides is 3. The summed E-state index contributed by atoms with van der Waals surface area (Å²) in [6.45, 7) is 1.53. The minimum Gasteiger partial charge on any atom is -0.338 e. The van der Waals surface area contributed by atoms with Gasteiger partial charge in [-0.25, -0.2) is 4.79 Å². The Hall–Kier alpha value is -3.47. The molecule has 162 valence electrons. The summed E-state index contributed by atoms with van der Waals surface area (Å²) < 4.78 is 38.1. The van der Waals surface area contributed by atoms with Crippen molar-refractivity contribution in [2.75, 3.05) is 13.1 Å². The molecule has 2 N–H and O–H groups in total. The van der Waals surface area contributed by atoms with Gasteiger partial charge in [-0.1, -0.05) is 42.2 Å². The van der Waals surface area contributed by atoms with Crippen molar-refractivity contribution >= 4 is 11.9 Å². The zero-order valence-electron chi connectivity index (χ0n) is 16.8. The Kier molecular flexibility index (Phi) is 7.19. The average molecular weight is 429 g/mol. The van der Waals surface area contributed by atoms with Gasteiger partial charge in [0.2, 0.25) is 5.91 Å². The molecule has 31 heavy (non-hydrogen) atoms. The Morgan fingerprint density at radius 1 is 1.06 bits per heavy atom. The number of carbonyl (C=O) groups excluding carboxylic acids is 2. The van der Waals surface area contributed by atoms with Crippen molar-refractivity contribution < 1.29 is 22.8 Å². The zero-order chi connectivity index (χ0) is 22.3. The van der Waals surface area contributed by atoms with Crippen molar-refractivity contribution in [1.29, 1.82) is 0 Å². The van der Waals surface area contributed by atoms with E-state index in [2.05, 4.69) is 22.5 Å². The molecule has 3 rings (SSSR count). The van der Waals surface area contributed by atoms with Gasteiger partial charge in [0.25, 0.3) is 0 Å². The summed E-state index contributed by atoms with van der Waals surface area (Å²) in [4.78, 5) is 25.7. The maximum absolute atomic E-state index is 12.7. The second kappa shape index (κ2) is 10.0. The highest BCUT2D eigenvalue weighted by atomic mass is 19.4. The predicted molar refractivity (Wildman–Crippen MR) is 110 cm³/mol. The van der Waals surface area contributed by atoms with E-state index in [-0.39, 0.29) is 24.6 Å². The van der Waals surface area contributed by atoms with Crippen LogP contribution in [0.5, 0.6) is 0 Å². The number of urea groups is 1. The fraction of sp³-hybridized carbons (Fsp3) is 0.304. The van der Waals surface area contributed by atoms with Crippen LogP contribution in [0.4, 0.5) is 18.0 Å². The van der Waals surface area contributed by atoms with Gasteiger partial charge in [-0.3, -0.25) is 4.79 Å². The van der Waals surface area contributed by atoms with Crippen LogP contribution in [0.15, 0.2) is 48.5 Å². The van der Waals surface area contributed by atoms with Crippen LogP contribution in [0.1, 0.15) is 35.1 Å². The molecule has 1 fully saturated rings. The maximum Gasteiger partial charge on any atom is 0.416 e. The van der Waals surface area contributed by atoms with E-state index in [4.69, 9.17) is 0 Å². The van der Waals surface area contributed by atoms with Crippen molar-refractivity contribution in [2.45, 2.75) is 32.1 Å². The van der Waals surface area contributed by atoms with E-state index >= 15 is 0 Å². The van der Waals surface area contributed by atoms with E-state index < -0.39 is 17.8 Å². The second-order valence-corrected chi connectivity index (χ2v) is 7.10. The maximum atomic E-state index is 12.7. The Bertz CT molecular complexity index is 1010. The first-order valence-corrected chi connectivity index (χ1v) is 9.85. The normalized spacial score (nSPS) is 13.5. The predicted octanol–water partition coefficient (Wildman–Crippen LogP) is 3.68. The van der Waals surface area contributed by atoms with E-state index in [1.165, 1.54) is 12.1 Å². The number of carbonyl (C=O) groups is 2. The number of benzene rings is 2.